The van der Waals surface area contributed by atoms with Crippen LogP contribution in [0.15, 0.2) is 18.2 Å². The molecule has 0 saturated heterocycles. The number of carbonyl (C=O) groups is 3. The van der Waals surface area contributed by atoms with Crippen molar-refractivity contribution < 1.29 is 42.8 Å². The molecule has 0 N–H and O–H groups in total. The maximum atomic E-state index is 14.0. The largest absolute Gasteiger partial charge is 0.493 e. The fourth-order valence-electron chi connectivity index (χ4n) is 3.88. The standard InChI is InChI=1S/C21H26N2O9/c1-7-10-32-17-15-12(11-14(27-2)16(17)28-3)13-8-9-21(31-6,18(15)24)23(20(26)30-5)22(13)19(25)29-4/h8-9,11,13H,7,10H2,1-6H3/t13-,21-/m1/s1. The number of hydrogen-bond acceptors (Lipinski definition) is 9. The lowest BCUT2D eigenvalue weighted by molar-refractivity contribution is -0.155. The van der Waals surface area contributed by atoms with E-state index in [-0.39, 0.29) is 29.4 Å². The molecular formula is C21H26N2O9. The van der Waals surface area contributed by atoms with Crippen LogP contribution in [0.2, 0.25) is 0 Å². The molecule has 2 amide bonds. The molecule has 2 aliphatic heterocycles. The van der Waals surface area contributed by atoms with E-state index in [4.69, 9.17) is 28.4 Å². The molecule has 0 spiro atoms. The Hall–Kier alpha value is -3.47. The smallest absolute Gasteiger partial charge is 0.432 e. The van der Waals surface area contributed by atoms with Gasteiger partial charge in [0.1, 0.15) is 6.04 Å². The van der Waals surface area contributed by atoms with Crippen molar-refractivity contribution >= 4 is 18.0 Å². The van der Waals surface area contributed by atoms with E-state index < -0.39 is 29.7 Å². The third kappa shape index (κ3) is 3.20. The fraction of sp³-hybridized carbons (Fsp3) is 0.476. The van der Waals surface area contributed by atoms with Gasteiger partial charge in [-0.05, 0) is 24.1 Å². The van der Waals surface area contributed by atoms with Gasteiger partial charge in [0.25, 0.3) is 0 Å². The first kappa shape index (κ1) is 23.2. The van der Waals surface area contributed by atoms with Crippen molar-refractivity contribution in [3.05, 3.63) is 29.3 Å². The van der Waals surface area contributed by atoms with Crippen LogP contribution < -0.4 is 14.2 Å². The summed E-state index contributed by atoms with van der Waals surface area (Å²) in [5.74, 6) is -0.0439. The minimum Gasteiger partial charge on any atom is -0.493 e. The van der Waals surface area contributed by atoms with Crippen LogP contribution in [0.25, 0.3) is 0 Å². The summed E-state index contributed by atoms with van der Waals surface area (Å²) < 4.78 is 32.2. The Labute approximate surface area is 185 Å². The van der Waals surface area contributed by atoms with Crippen molar-refractivity contribution in [2.45, 2.75) is 25.1 Å². The number of hydrazine groups is 1. The molecule has 3 aliphatic rings. The molecule has 174 valence electrons. The van der Waals surface area contributed by atoms with E-state index in [1.165, 1.54) is 27.4 Å². The molecule has 11 nitrogen and oxygen atoms in total. The Balaban J connectivity index is 2.42. The lowest BCUT2D eigenvalue weighted by Crippen LogP contribution is -2.65. The molecule has 4 rings (SSSR count). The van der Waals surface area contributed by atoms with Crippen molar-refractivity contribution in [3.63, 3.8) is 0 Å². The number of ether oxygens (including phenoxy) is 6. The lowest BCUT2D eigenvalue weighted by Gasteiger charge is -2.45. The number of fused-ring (bicyclic) bond motifs is 1. The summed E-state index contributed by atoms with van der Waals surface area (Å²) in [5, 5.41) is 1.77. The van der Waals surface area contributed by atoms with Crippen LogP contribution in [0.5, 0.6) is 17.2 Å². The van der Waals surface area contributed by atoms with Gasteiger partial charge in [0, 0.05) is 7.11 Å². The summed E-state index contributed by atoms with van der Waals surface area (Å²) in [6.07, 6.45) is 1.72. The molecule has 0 fully saturated rings. The number of methoxy groups -OCH3 is 5. The van der Waals surface area contributed by atoms with Gasteiger partial charge < -0.3 is 28.4 Å². The molecule has 1 aliphatic carbocycles. The second-order valence-corrected chi connectivity index (χ2v) is 6.88. The molecule has 2 heterocycles. The van der Waals surface area contributed by atoms with Gasteiger partial charge in [-0.15, -0.1) is 0 Å². The number of Topliss-reactive ketones (excluding diaryl/α,β-unsaturated/α-hetero) is 1. The van der Waals surface area contributed by atoms with Gasteiger partial charge in [0.2, 0.25) is 17.3 Å². The molecule has 0 unspecified atom stereocenters. The summed E-state index contributed by atoms with van der Waals surface area (Å²) in [4.78, 5) is 39.6. The lowest BCUT2D eigenvalue weighted by atomic mass is 9.95. The summed E-state index contributed by atoms with van der Waals surface area (Å²) in [5.41, 5.74) is -1.61. The van der Waals surface area contributed by atoms with E-state index in [9.17, 15) is 14.4 Å². The van der Waals surface area contributed by atoms with E-state index in [1.807, 2.05) is 6.92 Å². The van der Waals surface area contributed by atoms with Gasteiger partial charge in [-0.25, -0.2) is 9.59 Å². The van der Waals surface area contributed by atoms with Gasteiger partial charge in [0.15, 0.2) is 11.5 Å². The number of rotatable bonds is 6. The van der Waals surface area contributed by atoms with Crippen molar-refractivity contribution in [3.8, 4) is 17.2 Å². The first-order chi connectivity index (χ1) is 15.4. The molecule has 1 aromatic rings. The average molecular weight is 450 g/mol. The number of nitrogens with zero attached hydrogens (tertiary/aromatic N) is 2. The summed E-state index contributed by atoms with van der Waals surface area (Å²) in [7, 11) is 6.39. The molecule has 0 saturated carbocycles. The topological polar surface area (TPSA) is 113 Å². The normalized spacial score (nSPS) is 21.1. The van der Waals surface area contributed by atoms with Crippen molar-refractivity contribution in [2.75, 3.05) is 42.2 Å². The zero-order chi connectivity index (χ0) is 23.6. The highest BCUT2D eigenvalue weighted by molar-refractivity contribution is 6.10. The molecular weight excluding hydrogens is 424 g/mol. The first-order valence-corrected chi connectivity index (χ1v) is 9.82. The second kappa shape index (κ2) is 8.95. The first-order valence-electron chi connectivity index (χ1n) is 9.82. The second-order valence-electron chi connectivity index (χ2n) is 6.88. The Bertz CT molecular complexity index is 961. The number of hydrogen-bond donors (Lipinski definition) is 0. The third-order valence-corrected chi connectivity index (χ3v) is 5.30. The molecule has 0 aromatic heterocycles. The van der Waals surface area contributed by atoms with E-state index in [1.54, 1.807) is 12.1 Å². The summed E-state index contributed by atoms with van der Waals surface area (Å²) >= 11 is 0. The van der Waals surface area contributed by atoms with Gasteiger partial charge >= 0.3 is 12.2 Å². The molecule has 1 aromatic carbocycles. The van der Waals surface area contributed by atoms with Crippen molar-refractivity contribution in [2.24, 2.45) is 0 Å². The van der Waals surface area contributed by atoms with Crippen LogP contribution in [-0.2, 0) is 14.2 Å². The van der Waals surface area contributed by atoms with E-state index >= 15 is 0 Å². The predicted octanol–water partition coefficient (Wildman–Crippen LogP) is 2.69. The quantitative estimate of drug-likeness (QED) is 0.604. The Morgan fingerprint density at radius 2 is 1.72 bits per heavy atom. The number of benzene rings is 1. The molecule has 0 radical (unpaired) electrons. The Kier molecular flexibility index (Phi) is 6.49. The molecule has 32 heavy (non-hydrogen) atoms. The van der Waals surface area contributed by atoms with Gasteiger partial charge in [-0.1, -0.05) is 13.0 Å². The minimum absolute atomic E-state index is 0.0910. The minimum atomic E-state index is -2.03. The van der Waals surface area contributed by atoms with Gasteiger partial charge in [-0.3, -0.25) is 4.79 Å². The number of carbonyl (C=O) groups excluding carboxylic acids is 3. The van der Waals surface area contributed by atoms with Crippen LogP contribution in [0, 0.1) is 0 Å². The van der Waals surface area contributed by atoms with Crippen LogP contribution >= 0.6 is 0 Å². The van der Waals surface area contributed by atoms with Crippen molar-refractivity contribution in [1.29, 1.82) is 0 Å². The van der Waals surface area contributed by atoms with Gasteiger partial charge in [-0.2, -0.15) is 10.0 Å². The monoisotopic (exact) mass is 450 g/mol. The zero-order valence-corrected chi connectivity index (χ0v) is 18.8. The highest BCUT2D eigenvalue weighted by atomic mass is 16.6. The Morgan fingerprint density at radius 1 is 1.03 bits per heavy atom. The fourth-order valence-corrected chi connectivity index (χ4v) is 3.88. The highest BCUT2D eigenvalue weighted by Gasteiger charge is 2.59. The van der Waals surface area contributed by atoms with Crippen molar-refractivity contribution in [1.82, 2.24) is 10.0 Å². The van der Waals surface area contributed by atoms with E-state index in [0.717, 1.165) is 24.2 Å². The molecule has 2 bridgehead atoms. The molecule has 11 heteroatoms. The van der Waals surface area contributed by atoms with Crippen LogP contribution in [0.1, 0.15) is 35.3 Å². The maximum Gasteiger partial charge on any atom is 0.432 e. The van der Waals surface area contributed by atoms with Crippen LogP contribution in [-0.4, -0.2) is 75.9 Å². The summed E-state index contributed by atoms with van der Waals surface area (Å²) in [6, 6.07) is 0.623. The molecule has 2 atom stereocenters. The van der Waals surface area contributed by atoms with Crippen LogP contribution in [0.4, 0.5) is 9.59 Å². The predicted molar refractivity (Wildman–Crippen MR) is 110 cm³/mol. The maximum absolute atomic E-state index is 14.0. The van der Waals surface area contributed by atoms with E-state index in [0.29, 0.717) is 12.0 Å². The number of amides is 2. The average Bonchev–Trinajstić information content (AvgIpc) is 3.00. The van der Waals surface area contributed by atoms with Crippen LogP contribution in [0.3, 0.4) is 0 Å². The highest BCUT2D eigenvalue weighted by Crippen LogP contribution is 2.51. The summed E-state index contributed by atoms with van der Waals surface area (Å²) in [6.45, 7) is 2.19. The Morgan fingerprint density at radius 3 is 2.25 bits per heavy atom. The SMILES string of the molecule is CCCOc1c(OC)c(OC)cc2c1C(=O)[C@]1(OC)C=C[C@H]2N(C(=O)OC)N1C(=O)OC. The zero-order valence-electron chi connectivity index (χ0n) is 18.8. The van der Waals surface area contributed by atoms with Gasteiger partial charge in [0.05, 0.1) is 40.6 Å². The van der Waals surface area contributed by atoms with E-state index in [2.05, 4.69) is 0 Å². The number of ketones is 1. The third-order valence-electron chi connectivity index (χ3n) is 5.30.